The minimum Gasteiger partial charge on any atom is -0.546 e. The van der Waals surface area contributed by atoms with Gasteiger partial charge in [-0.25, -0.2) is 5.43 Å². The predicted octanol–water partition coefficient (Wildman–Crippen LogP) is -1.21. The van der Waals surface area contributed by atoms with Crippen LogP contribution < -0.4 is 20.6 Å². The van der Waals surface area contributed by atoms with E-state index in [9.17, 15) is 19.5 Å². The fourth-order valence-corrected chi connectivity index (χ4v) is 1.93. The number of methoxy groups -OCH3 is 1. The van der Waals surface area contributed by atoms with Crippen LogP contribution in [0.2, 0.25) is 0 Å². The van der Waals surface area contributed by atoms with Gasteiger partial charge in [-0.05, 0) is 39.7 Å². The van der Waals surface area contributed by atoms with Crippen molar-refractivity contribution >= 4 is 39.9 Å². The summed E-state index contributed by atoms with van der Waals surface area (Å²) >= 11 is 3.21. The molecule has 1 rings (SSSR count). The molecule has 0 aliphatic carbocycles. The van der Waals surface area contributed by atoms with E-state index in [1.807, 2.05) is 0 Å². The molecule has 0 unspecified atom stereocenters. The van der Waals surface area contributed by atoms with E-state index in [2.05, 4.69) is 31.8 Å². The van der Waals surface area contributed by atoms with Crippen molar-refractivity contribution in [2.45, 2.75) is 0 Å². The van der Waals surface area contributed by atoms with E-state index < -0.39 is 24.4 Å². The Hall–Kier alpha value is -2.46. The van der Waals surface area contributed by atoms with Crippen LogP contribution in [0.25, 0.3) is 0 Å². The molecule has 10 heteroatoms. The van der Waals surface area contributed by atoms with Crippen LogP contribution in [0.3, 0.4) is 0 Å². The molecule has 0 spiro atoms. The summed E-state index contributed by atoms with van der Waals surface area (Å²) in [5, 5.41) is 16.3. The molecule has 1 aromatic rings. The van der Waals surface area contributed by atoms with E-state index in [4.69, 9.17) is 9.47 Å². The Morgan fingerprint density at radius 2 is 2.08 bits per heavy atom. The molecule has 1 aromatic carbocycles. The molecule has 130 valence electrons. The largest absolute Gasteiger partial charge is 0.546 e. The first-order valence-electron chi connectivity index (χ1n) is 6.66. The standard InChI is InChI=1S/C14H16BrN3O6/c1-23-5-4-16-13(21)14(22)18-17-7-9-2-3-11(10(15)6-9)24-8-12(19)20/h2-3,6-7H,4-5,8H2,1H3,(H,16,21)(H,18,22)(H,19,20)/p-1/b17-7-. The van der Waals surface area contributed by atoms with Crippen molar-refractivity contribution < 1.29 is 29.0 Å². The molecule has 0 aliphatic rings. The Kier molecular flexibility index (Phi) is 8.44. The van der Waals surface area contributed by atoms with Gasteiger partial charge in [0.2, 0.25) is 0 Å². The number of nitrogens with zero attached hydrogens (tertiary/aromatic N) is 1. The van der Waals surface area contributed by atoms with Gasteiger partial charge in [-0.1, -0.05) is 0 Å². The number of aliphatic carboxylic acids is 1. The highest BCUT2D eigenvalue weighted by molar-refractivity contribution is 9.10. The van der Waals surface area contributed by atoms with Crippen molar-refractivity contribution in [3.8, 4) is 5.75 Å². The van der Waals surface area contributed by atoms with E-state index in [0.717, 1.165) is 0 Å². The number of ether oxygens (including phenoxy) is 2. The van der Waals surface area contributed by atoms with Crippen LogP contribution >= 0.6 is 15.9 Å². The summed E-state index contributed by atoms with van der Waals surface area (Å²) < 4.78 is 10.2. The molecule has 0 saturated heterocycles. The fourth-order valence-electron chi connectivity index (χ4n) is 1.41. The number of hydrogen-bond acceptors (Lipinski definition) is 7. The minimum atomic E-state index is -1.33. The number of carbonyl (C=O) groups is 3. The number of hydrogen-bond donors (Lipinski definition) is 2. The van der Waals surface area contributed by atoms with Crippen LogP contribution in [0.1, 0.15) is 5.56 Å². The van der Waals surface area contributed by atoms with Crippen LogP contribution in [0, 0.1) is 0 Å². The average Bonchev–Trinajstić information content (AvgIpc) is 2.53. The molecule has 0 fully saturated rings. The van der Waals surface area contributed by atoms with E-state index in [1.165, 1.54) is 19.4 Å². The van der Waals surface area contributed by atoms with Crippen LogP contribution in [-0.4, -0.2) is 50.9 Å². The minimum absolute atomic E-state index is 0.215. The molecule has 0 saturated carbocycles. The lowest BCUT2D eigenvalue weighted by Gasteiger charge is -2.08. The van der Waals surface area contributed by atoms with Gasteiger partial charge in [-0.3, -0.25) is 9.59 Å². The first-order chi connectivity index (χ1) is 11.4. The SMILES string of the molecule is COCCNC(=O)C(=O)N/N=C\c1ccc(OCC(=O)[O-])c(Br)c1. The monoisotopic (exact) mass is 400 g/mol. The van der Waals surface area contributed by atoms with Gasteiger partial charge in [0.1, 0.15) is 12.4 Å². The Morgan fingerprint density at radius 3 is 2.71 bits per heavy atom. The van der Waals surface area contributed by atoms with Gasteiger partial charge < -0.3 is 24.7 Å². The summed E-state index contributed by atoms with van der Waals surface area (Å²) in [6, 6.07) is 4.70. The number of benzene rings is 1. The van der Waals surface area contributed by atoms with E-state index in [0.29, 0.717) is 22.4 Å². The number of halogens is 1. The molecular formula is C14H15BrN3O6-. The van der Waals surface area contributed by atoms with Gasteiger partial charge in [-0.2, -0.15) is 5.10 Å². The van der Waals surface area contributed by atoms with Crippen molar-refractivity contribution in [2.75, 3.05) is 26.9 Å². The maximum atomic E-state index is 11.4. The summed E-state index contributed by atoms with van der Waals surface area (Å²) in [4.78, 5) is 33.1. The molecule has 9 nitrogen and oxygen atoms in total. The molecule has 0 radical (unpaired) electrons. The number of carboxylic acids is 1. The third-order valence-electron chi connectivity index (χ3n) is 2.48. The Labute approximate surface area is 146 Å². The average molecular weight is 401 g/mol. The third-order valence-corrected chi connectivity index (χ3v) is 3.10. The lowest BCUT2D eigenvalue weighted by Crippen LogP contribution is -2.39. The zero-order chi connectivity index (χ0) is 17.9. The summed E-state index contributed by atoms with van der Waals surface area (Å²) in [7, 11) is 1.48. The second-order valence-electron chi connectivity index (χ2n) is 4.30. The van der Waals surface area contributed by atoms with Gasteiger partial charge >= 0.3 is 11.8 Å². The highest BCUT2D eigenvalue weighted by Gasteiger charge is 2.11. The van der Waals surface area contributed by atoms with Crippen molar-refractivity contribution in [1.82, 2.24) is 10.7 Å². The maximum Gasteiger partial charge on any atom is 0.329 e. The summed E-state index contributed by atoms with van der Waals surface area (Å²) in [6.07, 6.45) is 1.31. The summed E-state index contributed by atoms with van der Waals surface area (Å²) in [6.45, 7) is -0.0598. The summed E-state index contributed by atoms with van der Waals surface area (Å²) in [5.74, 6) is -2.75. The lowest BCUT2D eigenvalue weighted by atomic mass is 10.2. The zero-order valence-electron chi connectivity index (χ0n) is 12.7. The molecule has 0 aromatic heterocycles. The molecule has 2 N–H and O–H groups in total. The van der Waals surface area contributed by atoms with Gasteiger partial charge in [0.05, 0.1) is 23.3 Å². The Bertz CT molecular complexity index is 635. The highest BCUT2D eigenvalue weighted by Crippen LogP contribution is 2.25. The first-order valence-corrected chi connectivity index (χ1v) is 7.45. The molecule has 0 aliphatic heterocycles. The highest BCUT2D eigenvalue weighted by atomic mass is 79.9. The van der Waals surface area contributed by atoms with Crippen molar-refractivity contribution in [3.05, 3.63) is 28.2 Å². The Balaban J connectivity index is 2.52. The van der Waals surface area contributed by atoms with Crippen molar-refractivity contribution in [1.29, 1.82) is 0 Å². The molecule has 0 atom stereocenters. The number of amides is 2. The van der Waals surface area contributed by atoms with Crippen molar-refractivity contribution in [2.24, 2.45) is 5.10 Å². The van der Waals surface area contributed by atoms with Gasteiger partial charge in [0.15, 0.2) is 0 Å². The normalized spacial score (nSPS) is 10.4. The molecule has 24 heavy (non-hydrogen) atoms. The number of rotatable bonds is 8. The van der Waals surface area contributed by atoms with Crippen LogP contribution in [-0.2, 0) is 19.1 Å². The van der Waals surface area contributed by atoms with E-state index in [-0.39, 0.29) is 6.54 Å². The van der Waals surface area contributed by atoms with Crippen LogP contribution in [0.4, 0.5) is 0 Å². The molecule has 0 heterocycles. The predicted molar refractivity (Wildman–Crippen MR) is 85.3 cm³/mol. The number of carbonyl (C=O) groups excluding carboxylic acids is 3. The topological polar surface area (TPSA) is 129 Å². The lowest BCUT2D eigenvalue weighted by molar-refractivity contribution is -0.307. The molecule has 2 amide bonds. The smallest absolute Gasteiger partial charge is 0.329 e. The van der Waals surface area contributed by atoms with Crippen LogP contribution in [0.5, 0.6) is 5.75 Å². The maximum absolute atomic E-state index is 11.4. The third kappa shape index (κ3) is 7.20. The molecular weight excluding hydrogens is 386 g/mol. The second kappa shape index (κ2) is 10.3. The van der Waals surface area contributed by atoms with E-state index in [1.54, 1.807) is 12.1 Å². The fraction of sp³-hybridized carbons (Fsp3) is 0.286. The van der Waals surface area contributed by atoms with Crippen LogP contribution in [0.15, 0.2) is 27.8 Å². The first kappa shape index (κ1) is 19.6. The number of carboxylic acid groups (broad SMARTS) is 1. The van der Waals surface area contributed by atoms with Crippen molar-refractivity contribution in [3.63, 3.8) is 0 Å². The molecule has 0 bridgehead atoms. The quantitative estimate of drug-likeness (QED) is 0.244. The van der Waals surface area contributed by atoms with Gasteiger partial charge in [0, 0.05) is 13.7 Å². The summed E-state index contributed by atoms with van der Waals surface area (Å²) in [5.41, 5.74) is 2.66. The Morgan fingerprint density at radius 1 is 1.33 bits per heavy atom. The van der Waals surface area contributed by atoms with Gasteiger partial charge in [0.25, 0.3) is 0 Å². The zero-order valence-corrected chi connectivity index (χ0v) is 14.3. The van der Waals surface area contributed by atoms with E-state index >= 15 is 0 Å². The number of nitrogens with one attached hydrogen (secondary N) is 2. The number of hydrazone groups is 1. The van der Waals surface area contributed by atoms with Gasteiger partial charge in [-0.15, -0.1) is 0 Å². The second-order valence-corrected chi connectivity index (χ2v) is 5.15.